The third-order valence-corrected chi connectivity index (χ3v) is 3.87. The zero-order valence-electron chi connectivity index (χ0n) is 14.1. The lowest BCUT2D eigenvalue weighted by atomic mass is 10.1. The van der Waals surface area contributed by atoms with E-state index in [0.29, 0.717) is 5.75 Å². The van der Waals surface area contributed by atoms with Crippen molar-refractivity contribution in [3.8, 4) is 5.75 Å². The smallest absolute Gasteiger partial charge is 0.276 e. The van der Waals surface area contributed by atoms with E-state index in [-0.39, 0.29) is 19.1 Å². The summed E-state index contributed by atoms with van der Waals surface area (Å²) in [6.07, 6.45) is 0. The molecule has 0 radical (unpaired) electrons. The zero-order chi connectivity index (χ0) is 18.2. The molecule has 0 bridgehead atoms. The quantitative estimate of drug-likeness (QED) is 0.645. The second-order valence-corrected chi connectivity index (χ2v) is 6.43. The largest absolute Gasteiger partial charge is 0.484 e. The second kappa shape index (κ2) is 9.08. The van der Waals surface area contributed by atoms with Gasteiger partial charge in [-0.25, -0.2) is 0 Å². The van der Waals surface area contributed by atoms with Crippen LogP contribution in [-0.4, -0.2) is 25.0 Å². The van der Waals surface area contributed by atoms with E-state index in [0.717, 1.165) is 21.3 Å². The van der Waals surface area contributed by atoms with E-state index >= 15 is 0 Å². The van der Waals surface area contributed by atoms with Gasteiger partial charge in [-0.05, 0) is 49.7 Å². The molecule has 0 saturated heterocycles. The highest BCUT2D eigenvalue weighted by Crippen LogP contribution is 2.16. The molecule has 0 aliphatic carbocycles. The molecule has 0 heterocycles. The molecule has 2 rings (SSSR count). The minimum Gasteiger partial charge on any atom is -0.484 e. The molecule has 0 fully saturated rings. The summed E-state index contributed by atoms with van der Waals surface area (Å²) in [7, 11) is 0. The molecule has 25 heavy (non-hydrogen) atoms. The van der Waals surface area contributed by atoms with Crippen molar-refractivity contribution in [1.82, 2.24) is 10.9 Å². The monoisotopic (exact) mass is 405 g/mol. The van der Waals surface area contributed by atoms with Gasteiger partial charge >= 0.3 is 0 Å². The van der Waals surface area contributed by atoms with Crippen molar-refractivity contribution >= 4 is 33.4 Å². The molecule has 2 aromatic rings. The number of anilines is 1. The third kappa shape index (κ3) is 6.46. The lowest BCUT2D eigenvalue weighted by Crippen LogP contribution is -2.46. The van der Waals surface area contributed by atoms with Gasteiger partial charge in [0.1, 0.15) is 5.75 Å². The molecular weight excluding hydrogens is 386 g/mol. The maximum Gasteiger partial charge on any atom is 0.276 e. The number of rotatable bonds is 6. The van der Waals surface area contributed by atoms with Crippen LogP contribution >= 0.6 is 15.9 Å². The molecule has 6 nitrogen and oxygen atoms in total. The topological polar surface area (TPSA) is 79.5 Å². The van der Waals surface area contributed by atoms with E-state index in [4.69, 9.17) is 4.74 Å². The average molecular weight is 406 g/mol. The Morgan fingerprint density at radius 1 is 1.00 bits per heavy atom. The Labute approximate surface area is 155 Å². The molecule has 0 unspecified atom stereocenters. The van der Waals surface area contributed by atoms with Crippen LogP contribution < -0.4 is 20.9 Å². The van der Waals surface area contributed by atoms with Crippen LogP contribution in [0, 0.1) is 13.8 Å². The Balaban J connectivity index is 1.68. The molecule has 0 spiro atoms. The summed E-state index contributed by atoms with van der Waals surface area (Å²) in [5.74, 6) is -0.221. The first-order valence-corrected chi connectivity index (χ1v) is 8.50. The van der Waals surface area contributed by atoms with E-state index in [1.165, 1.54) is 0 Å². The summed E-state index contributed by atoms with van der Waals surface area (Å²) in [5.41, 5.74) is 7.75. The van der Waals surface area contributed by atoms with Crippen molar-refractivity contribution in [3.05, 3.63) is 58.1 Å². The van der Waals surface area contributed by atoms with Gasteiger partial charge in [0.2, 0.25) is 0 Å². The fourth-order valence-corrected chi connectivity index (χ4v) is 2.35. The second-order valence-electron chi connectivity index (χ2n) is 5.51. The maximum atomic E-state index is 11.8. The van der Waals surface area contributed by atoms with Crippen LogP contribution in [-0.2, 0) is 9.59 Å². The number of ether oxygens (including phenoxy) is 1. The molecule has 3 N–H and O–H groups in total. The average Bonchev–Trinajstić information content (AvgIpc) is 2.58. The number of amides is 2. The van der Waals surface area contributed by atoms with E-state index in [1.54, 1.807) is 12.1 Å². The molecule has 0 aromatic heterocycles. The Morgan fingerprint density at radius 2 is 1.68 bits per heavy atom. The van der Waals surface area contributed by atoms with Gasteiger partial charge in [-0.1, -0.05) is 33.6 Å². The first-order valence-electron chi connectivity index (χ1n) is 7.71. The maximum absolute atomic E-state index is 11.8. The SMILES string of the molecule is Cc1ccc(NCC(=O)NNC(=O)COc2ccc(Br)cc2)c(C)c1. The van der Waals surface area contributed by atoms with Gasteiger partial charge in [-0.2, -0.15) is 0 Å². The predicted octanol–water partition coefficient (Wildman–Crippen LogP) is 2.70. The van der Waals surface area contributed by atoms with Crippen molar-refractivity contribution in [2.24, 2.45) is 0 Å². The predicted molar refractivity (Wildman–Crippen MR) is 100 cm³/mol. The summed E-state index contributed by atoms with van der Waals surface area (Å²) < 4.78 is 6.24. The fraction of sp³-hybridized carbons (Fsp3) is 0.222. The van der Waals surface area contributed by atoms with Crippen LogP contribution in [0.15, 0.2) is 46.9 Å². The molecule has 0 aliphatic rings. The number of carbonyl (C=O) groups is 2. The van der Waals surface area contributed by atoms with Crippen molar-refractivity contribution in [2.75, 3.05) is 18.5 Å². The first-order chi connectivity index (χ1) is 11.9. The third-order valence-electron chi connectivity index (χ3n) is 3.35. The van der Waals surface area contributed by atoms with Gasteiger partial charge in [0, 0.05) is 10.2 Å². The van der Waals surface area contributed by atoms with Crippen LogP contribution in [0.2, 0.25) is 0 Å². The number of hydrogen-bond acceptors (Lipinski definition) is 4. The Bertz CT molecular complexity index is 748. The van der Waals surface area contributed by atoms with Crippen molar-refractivity contribution in [3.63, 3.8) is 0 Å². The number of nitrogens with one attached hydrogen (secondary N) is 3. The van der Waals surface area contributed by atoms with E-state index in [1.807, 2.05) is 44.2 Å². The molecule has 0 saturated carbocycles. The van der Waals surface area contributed by atoms with Gasteiger partial charge in [0.15, 0.2) is 6.61 Å². The van der Waals surface area contributed by atoms with Crippen LogP contribution in [0.4, 0.5) is 5.69 Å². The normalized spacial score (nSPS) is 10.0. The highest BCUT2D eigenvalue weighted by Gasteiger charge is 2.06. The number of halogens is 1. The van der Waals surface area contributed by atoms with Crippen LogP contribution in [0.25, 0.3) is 0 Å². The highest BCUT2D eigenvalue weighted by molar-refractivity contribution is 9.10. The fourth-order valence-electron chi connectivity index (χ4n) is 2.09. The molecule has 2 amide bonds. The number of benzene rings is 2. The summed E-state index contributed by atoms with van der Waals surface area (Å²) in [6.45, 7) is 3.84. The minimum absolute atomic E-state index is 0.0533. The van der Waals surface area contributed by atoms with E-state index in [9.17, 15) is 9.59 Å². The molecular formula is C18H20BrN3O3. The van der Waals surface area contributed by atoms with Gasteiger partial charge in [-0.15, -0.1) is 0 Å². The van der Waals surface area contributed by atoms with Crippen molar-refractivity contribution in [1.29, 1.82) is 0 Å². The highest BCUT2D eigenvalue weighted by atomic mass is 79.9. The van der Waals surface area contributed by atoms with Gasteiger partial charge < -0.3 is 10.1 Å². The van der Waals surface area contributed by atoms with Crippen LogP contribution in [0.5, 0.6) is 5.75 Å². The summed E-state index contributed by atoms with van der Waals surface area (Å²) in [6, 6.07) is 13.0. The Hall–Kier alpha value is -2.54. The number of aryl methyl sites for hydroxylation is 2. The summed E-state index contributed by atoms with van der Waals surface area (Å²) in [5, 5.41) is 3.03. The number of hydrazine groups is 1. The lowest BCUT2D eigenvalue weighted by Gasteiger charge is -2.11. The van der Waals surface area contributed by atoms with Crippen LogP contribution in [0.3, 0.4) is 0 Å². The van der Waals surface area contributed by atoms with Crippen molar-refractivity contribution in [2.45, 2.75) is 13.8 Å². The molecule has 2 aromatic carbocycles. The molecule has 132 valence electrons. The van der Waals surface area contributed by atoms with Gasteiger partial charge in [-0.3, -0.25) is 20.4 Å². The van der Waals surface area contributed by atoms with E-state index < -0.39 is 5.91 Å². The minimum atomic E-state index is -0.442. The zero-order valence-corrected chi connectivity index (χ0v) is 15.6. The molecule has 0 aliphatic heterocycles. The first kappa shape index (κ1) is 18.8. The Morgan fingerprint density at radius 3 is 2.36 bits per heavy atom. The molecule has 0 atom stereocenters. The van der Waals surface area contributed by atoms with E-state index in [2.05, 4.69) is 32.1 Å². The van der Waals surface area contributed by atoms with Gasteiger partial charge in [0.05, 0.1) is 6.54 Å². The summed E-state index contributed by atoms with van der Waals surface area (Å²) in [4.78, 5) is 23.4. The Kier molecular flexibility index (Phi) is 6.82. The number of hydrogen-bond donors (Lipinski definition) is 3. The molecule has 7 heteroatoms. The van der Waals surface area contributed by atoms with Crippen LogP contribution in [0.1, 0.15) is 11.1 Å². The lowest BCUT2D eigenvalue weighted by molar-refractivity contribution is -0.129. The van der Waals surface area contributed by atoms with Crippen molar-refractivity contribution < 1.29 is 14.3 Å². The summed E-state index contributed by atoms with van der Waals surface area (Å²) >= 11 is 3.32. The van der Waals surface area contributed by atoms with Gasteiger partial charge in [0.25, 0.3) is 11.8 Å². The standard InChI is InChI=1S/C18H20BrN3O3/c1-12-3-8-16(13(2)9-12)20-10-17(23)21-22-18(24)11-25-15-6-4-14(19)5-7-15/h3-9,20H,10-11H2,1-2H3,(H,21,23)(H,22,24). The number of carbonyl (C=O) groups excluding carboxylic acids is 2.